The molecule has 1 unspecified atom stereocenters. The normalized spacial score (nSPS) is 16.8. The maximum absolute atomic E-state index is 13.5. The van der Waals surface area contributed by atoms with E-state index >= 15 is 0 Å². The van der Waals surface area contributed by atoms with Crippen molar-refractivity contribution in [1.29, 1.82) is 0 Å². The third kappa shape index (κ3) is 4.58. The summed E-state index contributed by atoms with van der Waals surface area (Å²) < 4.78 is 45.4. The first kappa shape index (κ1) is 20.4. The second-order valence-corrected chi connectivity index (χ2v) is 6.51. The van der Waals surface area contributed by atoms with E-state index in [2.05, 4.69) is 10.6 Å². The zero-order valence-electron chi connectivity index (χ0n) is 15.4. The van der Waals surface area contributed by atoms with E-state index in [1.807, 2.05) is 0 Å². The van der Waals surface area contributed by atoms with Crippen LogP contribution in [0, 0.1) is 5.92 Å². The van der Waals surface area contributed by atoms with Gasteiger partial charge in [0, 0.05) is 25.2 Å². The molecule has 0 spiro atoms. The van der Waals surface area contributed by atoms with Crippen molar-refractivity contribution >= 4 is 29.1 Å². The molecule has 0 radical (unpaired) electrons. The number of hydrogen-bond acceptors (Lipinski definition) is 4. The number of hydrogen-bond donors (Lipinski definition) is 2. The Kier molecular flexibility index (Phi) is 5.62. The molecule has 1 saturated heterocycles. The SMILES string of the molecule is CCN1CC(C(=O)Nc2ccc(NC(=O)c3ccco3)cc2C(F)(F)F)CC1=O. The molecule has 7 nitrogen and oxygen atoms in total. The highest BCUT2D eigenvalue weighted by Gasteiger charge is 2.37. The number of nitrogens with one attached hydrogen (secondary N) is 2. The van der Waals surface area contributed by atoms with Crippen molar-refractivity contribution in [2.45, 2.75) is 19.5 Å². The molecule has 1 aliphatic rings. The van der Waals surface area contributed by atoms with Crippen LogP contribution in [0.5, 0.6) is 0 Å². The van der Waals surface area contributed by atoms with E-state index in [-0.39, 0.29) is 30.3 Å². The minimum Gasteiger partial charge on any atom is -0.459 e. The maximum Gasteiger partial charge on any atom is 0.418 e. The van der Waals surface area contributed by atoms with E-state index in [0.29, 0.717) is 6.54 Å². The standard InChI is InChI=1S/C19H18F3N3O4/c1-2-25-10-11(8-16(25)26)17(27)24-14-6-5-12(9-13(14)19(20,21)22)23-18(28)15-4-3-7-29-15/h3-7,9,11H,2,8,10H2,1H3,(H,23,28)(H,24,27). The molecule has 29 heavy (non-hydrogen) atoms. The van der Waals surface area contributed by atoms with E-state index < -0.39 is 35.2 Å². The monoisotopic (exact) mass is 409 g/mol. The number of rotatable bonds is 5. The Morgan fingerprint density at radius 2 is 2.00 bits per heavy atom. The Bertz CT molecular complexity index is 925. The topological polar surface area (TPSA) is 91.7 Å². The van der Waals surface area contributed by atoms with Gasteiger partial charge in [0.1, 0.15) is 0 Å². The zero-order chi connectivity index (χ0) is 21.2. The average molecular weight is 409 g/mol. The second kappa shape index (κ2) is 7.98. The van der Waals surface area contributed by atoms with Gasteiger partial charge < -0.3 is 20.0 Å². The van der Waals surface area contributed by atoms with Crippen molar-refractivity contribution in [3.8, 4) is 0 Å². The molecule has 1 aromatic carbocycles. The van der Waals surface area contributed by atoms with Gasteiger partial charge in [-0.15, -0.1) is 0 Å². The van der Waals surface area contributed by atoms with Crippen LogP contribution < -0.4 is 10.6 Å². The molecule has 1 fully saturated rings. The number of amides is 3. The predicted octanol–water partition coefficient (Wildman–Crippen LogP) is 3.36. The Morgan fingerprint density at radius 3 is 2.59 bits per heavy atom. The smallest absolute Gasteiger partial charge is 0.418 e. The van der Waals surface area contributed by atoms with Crippen molar-refractivity contribution in [1.82, 2.24) is 4.90 Å². The Morgan fingerprint density at radius 1 is 1.24 bits per heavy atom. The minimum atomic E-state index is -4.77. The molecule has 0 saturated carbocycles. The summed E-state index contributed by atoms with van der Waals surface area (Å²) in [6.45, 7) is 2.36. The lowest BCUT2D eigenvalue weighted by molar-refractivity contribution is -0.137. The number of anilines is 2. The molecule has 1 atom stereocenters. The van der Waals surface area contributed by atoms with Crippen molar-refractivity contribution in [2.75, 3.05) is 23.7 Å². The maximum atomic E-state index is 13.5. The van der Waals surface area contributed by atoms with Crippen molar-refractivity contribution in [2.24, 2.45) is 5.92 Å². The lowest BCUT2D eigenvalue weighted by Gasteiger charge is -2.17. The fraction of sp³-hybridized carbons (Fsp3) is 0.316. The summed E-state index contributed by atoms with van der Waals surface area (Å²) in [5.74, 6) is -2.35. The number of halogens is 3. The van der Waals surface area contributed by atoms with E-state index in [9.17, 15) is 27.6 Å². The van der Waals surface area contributed by atoms with Crippen LogP contribution >= 0.6 is 0 Å². The van der Waals surface area contributed by atoms with Crippen LogP contribution in [0.4, 0.5) is 24.5 Å². The Balaban J connectivity index is 1.79. The molecule has 10 heteroatoms. The van der Waals surface area contributed by atoms with Crippen LogP contribution in [0.25, 0.3) is 0 Å². The highest BCUT2D eigenvalue weighted by molar-refractivity contribution is 6.03. The molecule has 1 aromatic heterocycles. The number of benzene rings is 1. The molecule has 0 bridgehead atoms. The molecular formula is C19H18F3N3O4. The van der Waals surface area contributed by atoms with E-state index in [0.717, 1.165) is 12.1 Å². The number of likely N-dealkylation sites (tertiary alicyclic amines) is 1. The number of carbonyl (C=O) groups is 3. The van der Waals surface area contributed by atoms with Gasteiger partial charge in [0.2, 0.25) is 11.8 Å². The van der Waals surface area contributed by atoms with Gasteiger partial charge >= 0.3 is 6.18 Å². The lowest BCUT2D eigenvalue weighted by atomic mass is 10.1. The van der Waals surface area contributed by atoms with Crippen LogP contribution in [0.3, 0.4) is 0 Å². The number of nitrogens with zero attached hydrogens (tertiary/aromatic N) is 1. The summed E-state index contributed by atoms with van der Waals surface area (Å²) in [6, 6.07) is 5.88. The quantitative estimate of drug-likeness (QED) is 0.792. The van der Waals surface area contributed by atoms with Gasteiger partial charge in [0.05, 0.1) is 23.4 Å². The fourth-order valence-electron chi connectivity index (χ4n) is 3.05. The van der Waals surface area contributed by atoms with Gasteiger partial charge in [-0.25, -0.2) is 0 Å². The minimum absolute atomic E-state index is 0.0433. The van der Waals surface area contributed by atoms with Gasteiger partial charge in [0.25, 0.3) is 5.91 Å². The first-order valence-electron chi connectivity index (χ1n) is 8.83. The summed E-state index contributed by atoms with van der Waals surface area (Å²) in [7, 11) is 0. The molecular weight excluding hydrogens is 391 g/mol. The third-order valence-electron chi connectivity index (χ3n) is 4.55. The second-order valence-electron chi connectivity index (χ2n) is 6.51. The van der Waals surface area contributed by atoms with E-state index in [1.165, 1.54) is 29.4 Å². The van der Waals surface area contributed by atoms with Crippen molar-refractivity contribution < 1.29 is 32.0 Å². The Labute approximate surface area is 163 Å². The summed E-state index contributed by atoms with van der Waals surface area (Å²) in [6.07, 6.45) is -3.55. The molecule has 2 heterocycles. The third-order valence-corrected chi connectivity index (χ3v) is 4.55. The van der Waals surface area contributed by atoms with Gasteiger partial charge in [-0.3, -0.25) is 14.4 Å². The zero-order valence-corrected chi connectivity index (χ0v) is 15.4. The fourth-order valence-corrected chi connectivity index (χ4v) is 3.05. The van der Waals surface area contributed by atoms with Crippen molar-refractivity contribution in [3.63, 3.8) is 0 Å². The van der Waals surface area contributed by atoms with Crippen LogP contribution in [0.2, 0.25) is 0 Å². The molecule has 1 aliphatic heterocycles. The molecule has 3 amide bonds. The van der Waals surface area contributed by atoms with Gasteiger partial charge in [-0.05, 0) is 37.3 Å². The molecule has 2 aromatic rings. The van der Waals surface area contributed by atoms with Gasteiger partial charge in [-0.2, -0.15) is 13.2 Å². The summed E-state index contributed by atoms with van der Waals surface area (Å²) in [5, 5.41) is 4.58. The Hall–Kier alpha value is -3.30. The van der Waals surface area contributed by atoms with Crippen LogP contribution in [0.1, 0.15) is 29.5 Å². The molecule has 3 rings (SSSR count). The number of carbonyl (C=O) groups excluding carboxylic acids is 3. The summed E-state index contributed by atoms with van der Waals surface area (Å²) in [5.41, 5.74) is -1.66. The molecule has 0 aliphatic carbocycles. The summed E-state index contributed by atoms with van der Waals surface area (Å²) >= 11 is 0. The first-order valence-corrected chi connectivity index (χ1v) is 8.83. The van der Waals surface area contributed by atoms with Crippen molar-refractivity contribution in [3.05, 3.63) is 47.9 Å². The number of alkyl halides is 3. The van der Waals surface area contributed by atoms with Crippen LogP contribution in [-0.2, 0) is 15.8 Å². The highest BCUT2D eigenvalue weighted by Crippen LogP contribution is 2.37. The lowest BCUT2D eigenvalue weighted by Crippen LogP contribution is -2.28. The largest absolute Gasteiger partial charge is 0.459 e. The van der Waals surface area contributed by atoms with Gasteiger partial charge in [0.15, 0.2) is 5.76 Å². The molecule has 2 N–H and O–H groups in total. The van der Waals surface area contributed by atoms with Crippen LogP contribution in [0.15, 0.2) is 41.0 Å². The number of furan rings is 1. The van der Waals surface area contributed by atoms with E-state index in [4.69, 9.17) is 4.42 Å². The van der Waals surface area contributed by atoms with Gasteiger partial charge in [-0.1, -0.05) is 0 Å². The first-order chi connectivity index (χ1) is 13.7. The summed E-state index contributed by atoms with van der Waals surface area (Å²) in [4.78, 5) is 37.6. The predicted molar refractivity (Wildman–Crippen MR) is 97.1 cm³/mol. The van der Waals surface area contributed by atoms with E-state index in [1.54, 1.807) is 6.92 Å². The highest BCUT2D eigenvalue weighted by atomic mass is 19.4. The molecule has 154 valence electrons. The average Bonchev–Trinajstić information content (AvgIpc) is 3.31. The van der Waals surface area contributed by atoms with Crippen LogP contribution in [-0.4, -0.2) is 35.7 Å².